The molecule has 0 aliphatic carbocycles. The summed E-state index contributed by atoms with van der Waals surface area (Å²) in [5, 5.41) is 4.05. The van der Waals surface area contributed by atoms with E-state index in [1.165, 1.54) is 0 Å². The van der Waals surface area contributed by atoms with Gasteiger partial charge in [0.2, 0.25) is 0 Å². The van der Waals surface area contributed by atoms with Crippen LogP contribution in [-0.4, -0.2) is 16.5 Å². The van der Waals surface area contributed by atoms with Crippen molar-refractivity contribution in [2.75, 3.05) is 12.4 Å². The van der Waals surface area contributed by atoms with Crippen molar-refractivity contribution in [2.24, 2.45) is 0 Å². The van der Waals surface area contributed by atoms with E-state index in [9.17, 15) is 4.39 Å². The summed E-state index contributed by atoms with van der Waals surface area (Å²) < 4.78 is 13.6. The molecule has 0 aliphatic rings. The second-order valence-electron chi connectivity index (χ2n) is 2.83. The first-order valence-electron chi connectivity index (χ1n) is 4.10. The van der Waals surface area contributed by atoms with Crippen LogP contribution < -0.4 is 5.73 Å². The van der Waals surface area contributed by atoms with Crippen LogP contribution in [0.5, 0.6) is 0 Å². The molecular weight excluding hydrogens is 157 g/mol. The van der Waals surface area contributed by atoms with Crippen LogP contribution in [0.15, 0.2) is 6.07 Å². The average Bonchev–Trinajstić information content (AvgIpc) is 2.31. The maximum Gasteiger partial charge on any atom is 0.145 e. The molecule has 0 unspecified atom stereocenters. The molecule has 68 valence electrons. The van der Waals surface area contributed by atoms with E-state index in [-0.39, 0.29) is 6.67 Å². The summed E-state index contributed by atoms with van der Waals surface area (Å²) in [5.41, 5.74) is 6.51. The minimum absolute atomic E-state index is 0.254. The van der Waals surface area contributed by atoms with Crippen molar-refractivity contribution in [1.29, 1.82) is 0 Å². The lowest BCUT2D eigenvalue weighted by Crippen LogP contribution is -2.03. The fourth-order valence-corrected chi connectivity index (χ4v) is 1.12. The lowest BCUT2D eigenvalue weighted by atomic mass is 10.3. The van der Waals surface area contributed by atoms with Gasteiger partial charge in [-0.1, -0.05) is 0 Å². The second-order valence-corrected chi connectivity index (χ2v) is 2.83. The highest BCUT2D eigenvalue weighted by Crippen LogP contribution is 2.05. The van der Waals surface area contributed by atoms with Gasteiger partial charge >= 0.3 is 0 Å². The van der Waals surface area contributed by atoms with Gasteiger partial charge < -0.3 is 5.73 Å². The normalized spacial score (nSPS) is 10.5. The molecule has 1 rings (SSSR count). The fraction of sp³-hybridized carbons (Fsp3) is 0.625. The molecule has 0 saturated carbocycles. The lowest BCUT2D eigenvalue weighted by Gasteiger charge is -2.01. The smallest absolute Gasteiger partial charge is 0.145 e. The molecule has 12 heavy (non-hydrogen) atoms. The second kappa shape index (κ2) is 4.09. The molecule has 0 aliphatic heterocycles. The molecule has 4 heteroatoms. The van der Waals surface area contributed by atoms with Crippen molar-refractivity contribution in [2.45, 2.75) is 26.3 Å². The highest BCUT2D eigenvalue weighted by atomic mass is 19.1. The molecular formula is C8H14FN3. The summed E-state index contributed by atoms with van der Waals surface area (Å²) in [4.78, 5) is 0. The zero-order chi connectivity index (χ0) is 8.97. The number of nitrogen functional groups attached to an aromatic ring is 1. The molecule has 2 N–H and O–H groups in total. The summed E-state index contributed by atoms with van der Waals surface area (Å²) in [5.74, 6) is 0.535. The maximum absolute atomic E-state index is 11.7. The third kappa shape index (κ3) is 2.22. The largest absolute Gasteiger partial charge is 0.382 e. The number of unbranched alkanes of at least 4 members (excludes halogenated alkanes) is 1. The van der Waals surface area contributed by atoms with Crippen molar-refractivity contribution < 1.29 is 4.39 Å². The van der Waals surface area contributed by atoms with Crippen LogP contribution in [-0.2, 0) is 6.54 Å². The van der Waals surface area contributed by atoms with Crippen molar-refractivity contribution in [1.82, 2.24) is 9.78 Å². The number of halogens is 1. The Hall–Kier alpha value is -1.06. The zero-order valence-corrected chi connectivity index (χ0v) is 7.26. The standard InChI is InChI=1S/C8H14FN3/c1-7-6-8(10)11-12(7)5-3-2-4-9/h6H,2-5H2,1H3,(H2,10,11). The van der Waals surface area contributed by atoms with Crippen LogP contribution in [0.25, 0.3) is 0 Å². The maximum atomic E-state index is 11.7. The predicted molar refractivity (Wildman–Crippen MR) is 46.6 cm³/mol. The Morgan fingerprint density at radius 2 is 2.33 bits per heavy atom. The van der Waals surface area contributed by atoms with Gasteiger partial charge in [-0.2, -0.15) is 5.10 Å². The highest BCUT2D eigenvalue weighted by Gasteiger charge is 1.99. The van der Waals surface area contributed by atoms with E-state index in [1.54, 1.807) is 0 Å². The average molecular weight is 171 g/mol. The Morgan fingerprint density at radius 3 is 2.83 bits per heavy atom. The quantitative estimate of drug-likeness (QED) is 0.698. The molecule has 0 saturated heterocycles. The molecule has 0 radical (unpaired) electrons. The zero-order valence-electron chi connectivity index (χ0n) is 7.26. The van der Waals surface area contributed by atoms with Gasteiger partial charge in [0.1, 0.15) is 5.82 Å². The van der Waals surface area contributed by atoms with Gasteiger partial charge in [0.05, 0.1) is 6.67 Å². The summed E-state index contributed by atoms with van der Waals surface area (Å²) in [6.45, 7) is 2.45. The number of hydrogen-bond donors (Lipinski definition) is 1. The van der Waals surface area contributed by atoms with Gasteiger partial charge in [0, 0.05) is 18.3 Å². The van der Waals surface area contributed by atoms with Crippen LogP contribution in [0.3, 0.4) is 0 Å². The first-order chi connectivity index (χ1) is 5.74. The van der Waals surface area contributed by atoms with E-state index >= 15 is 0 Å². The van der Waals surface area contributed by atoms with E-state index in [0.717, 1.165) is 18.7 Å². The van der Waals surface area contributed by atoms with E-state index in [4.69, 9.17) is 5.73 Å². The molecule has 3 nitrogen and oxygen atoms in total. The Labute approximate surface area is 71.4 Å². The van der Waals surface area contributed by atoms with Crippen LogP contribution in [0.1, 0.15) is 18.5 Å². The number of anilines is 1. The molecule has 1 aromatic heterocycles. The highest BCUT2D eigenvalue weighted by molar-refractivity contribution is 5.28. The van der Waals surface area contributed by atoms with Crippen molar-refractivity contribution in [3.63, 3.8) is 0 Å². The third-order valence-corrected chi connectivity index (χ3v) is 1.75. The van der Waals surface area contributed by atoms with Gasteiger partial charge in [-0.25, -0.2) is 0 Å². The third-order valence-electron chi connectivity index (χ3n) is 1.75. The van der Waals surface area contributed by atoms with Gasteiger partial charge in [0.15, 0.2) is 0 Å². The molecule has 0 bridgehead atoms. The Bertz CT molecular complexity index is 244. The molecule has 0 aromatic carbocycles. The van der Waals surface area contributed by atoms with Gasteiger partial charge in [-0.05, 0) is 19.8 Å². The number of nitrogens with zero attached hydrogens (tertiary/aromatic N) is 2. The Morgan fingerprint density at radius 1 is 1.58 bits per heavy atom. The minimum Gasteiger partial charge on any atom is -0.382 e. The van der Waals surface area contributed by atoms with Gasteiger partial charge in [-0.3, -0.25) is 9.07 Å². The minimum atomic E-state index is -0.254. The van der Waals surface area contributed by atoms with Crippen LogP contribution in [0, 0.1) is 6.92 Å². The van der Waals surface area contributed by atoms with Crippen molar-refractivity contribution in [3.8, 4) is 0 Å². The molecule has 1 heterocycles. The van der Waals surface area contributed by atoms with E-state index in [1.807, 2.05) is 17.7 Å². The van der Waals surface area contributed by atoms with Crippen LogP contribution >= 0.6 is 0 Å². The number of rotatable bonds is 4. The molecule has 0 fully saturated rings. The van der Waals surface area contributed by atoms with Crippen LogP contribution in [0.2, 0.25) is 0 Å². The molecule has 0 amide bonds. The van der Waals surface area contributed by atoms with E-state index < -0.39 is 0 Å². The summed E-state index contributed by atoms with van der Waals surface area (Å²) in [7, 11) is 0. The summed E-state index contributed by atoms with van der Waals surface area (Å²) in [6, 6.07) is 1.81. The SMILES string of the molecule is Cc1cc(N)nn1CCCCF. The number of aryl methyl sites for hydroxylation is 2. The van der Waals surface area contributed by atoms with E-state index in [2.05, 4.69) is 5.10 Å². The number of alkyl halides is 1. The summed E-state index contributed by atoms with van der Waals surface area (Å²) >= 11 is 0. The van der Waals surface area contributed by atoms with Gasteiger partial charge in [-0.15, -0.1) is 0 Å². The monoisotopic (exact) mass is 171 g/mol. The molecule has 0 atom stereocenters. The molecule has 0 spiro atoms. The Balaban J connectivity index is 2.45. The van der Waals surface area contributed by atoms with Crippen molar-refractivity contribution >= 4 is 5.82 Å². The van der Waals surface area contributed by atoms with Gasteiger partial charge in [0.25, 0.3) is 0 Å². The lowest BCUT2D eigenvalue weighted by molar-refractivity contribution is 0.438. The predicted octanol–water partition coefficient (Wildman–Crippen LogP) is 1.52. The summed E-state index contributed by atoms with van der Waals surface area (Å²) in [6.07, 6.45) is 1.41. The Kier molecular flexibility index (Phi) is 3.08. The van der Waals surface area contributed by atoms with Crippen molar-refractivity contribution in [3.05, 3.63) is 11.8 Å². The number of hydrogen-bond acceptors (Lipinski definition) is 2. The number of nitrogens with two attached hydrogens (primary N) is 1. The van der Waals surface area contributed by atoms with E-state index in [0.29, 0.717) is 12.2 Å². The van der Waals surface area contributed by atoms with Crippen LogP contribution in [0.4, 0.5) is 10.2 Å². The molecule has 1 aromatic rings. The topological polar surface area (TPSA) is 43.8 Å². The first-order valence-corrected chi connectivity index (χ1v) is 4.10. The fourth-order valence-electron chi connectivity index (χ4n) is 1.12. The number of aromatic nitrogens is 2. The first kappa shape index (κ1) is 9.03.